The quantitative estimate of drug-likeness (QED) is 0.751. The third-order valence-corrected chi connectivity index (χ3v) is 2.98. The summed E-state index contributed by atoms with van der Waals surface area (Å²) in [6.45, 7) is 3.31. The first-order valence-electron chi connectivity index (χ1n) is 6.47. The molecule has 0 saturated carbocycles. The summed E-state index contributed by atoms with van der Waals surface area (Å²) in [6.07, 6.45) is 2.75. The van der Waals surface area contributed by atoms with Gasteiger partial charge in [-0.15, -0.1) is 0 Å². The van der Waals surface area contributed by atoms with Crippen LogP contribution in [0.25, 0.3) is 0 Å². The van der Waals surface area contributed by atoms with E-state index in [0.717, 1.165) is 31.2 Å². The predicted molar refractivity (Wildman–Crippen MR) is 70.3 cm³/mol. The summed E-state index contributed by atoms with van der Waals surface area (Å²) in [6, 6.07) is 7.65. The molecule has 4 nitrogen and oxygen atoms in total. The molecule has 2 rings (SSSR count). The summed E-state index contributed by atoms with van der Waals surface area (Å²) < 4.78 is 16.3. The zero-order valence-corrected chi connectivity index (χ0v) is 10.9. The molecule has 4 heteroatoms. The van der Waals surface area contributed by atoms with Gasteiger partial charge in [0.05, 0.1) is 13.2 Å². The zero-order chi connectivity index (χ0) is 12.6. The molecular formula is C14H21NO3. The van der Waals surface area contributed by atoms with E-state index in [1.54, 1.807) is 7.11 Å². The topological polar surface area (TPSA) is 39.7 Å². The van der Waals surface area contributed by atoms with Gasteiger partial charge in [0.25, 0.3) is 0 Å². The molecule has 1 aliphatic rings. The van der Waals surface area contributed by atoms with E-state index in [2.05, 4.69) is 5.32 Å². The normalized spacial score (nSPS) is 18.8. The minimum atomic E-state index is 0.391. The van der Waals surface area contributed by atoms with Crippen LogP contribution in [0, 0.1) is 0 Å². The molecule has 1 unspecified atom stereocenters. The molecule has 0 aromatic heterocycles. The second-order valence-electron chi connectivity index (χ2n) is 4.37. The Morgan fingerprint density at radius 1 is 1.39 bits per heavy atom. The molecule has 1 fully saturated rings. The van der Waals surface area contributed by atoms with Gasteiger partial charge >= 0.3 is 0 Å². The largest absolute Gasteiger partial charge is 0.497 e. The lowest BCUT2D eigenvalue weighted by Crippen LogP contribution is -2.29. The van der Waals surface area contributed by atoms with E-state index in [0.29, 0.717) is 12.7 Å². The molecule has 0 bridgehead atoms. The smallest absolute Gasteiger partial charge is 0.123 e. The van der Waals surface area contributed by atoms with Crippen molar-refractivity contribution in [1.82, 2.24) is 5.32 Å². The maximum Gasteiger partial charge on any atom is 0.123 e. The standard InChI is InChI=1S/C14H21NO3/c1-16-12-4-2-5-13(10-12)18-9-7-15-11-14-6-3-8-17-14/h2,4-5,10,14-15H,3,6-9,11H2,1H3. The van der Waals surface area contributed by atoms with Gasteiger partial charge in [-0.3, -0.25) is 0 Å². The SMILES string of the molecule is COc1cccc(OCCNCC2CCCO2)c1. The first-order chi connectivity index (χ1) is 8.88. The van der Waals surface area contributed by atoms with Crippen LogP contribution in [-0.2, 0) is 4.74 Å². The van der Waals surface area contributed by atoms with Crippen LogP contribution in [0.15, 0.2) is 24.3 Å². The van der Waals surface area contributed by atoms with E-state index in [1.807, 2.05) is 24.3 Å². The zero-order valence-electron chi connectivity index (χ0n) is 10.9. The predicted octanol–water partition coefficient (Wildman–Crippen LogP) is 1.84. The van der Waals surface area contributed by atoms with Crippen molar-refractivity contribution in [3.05, 3.63) is 24.3 Å². The van der Waals surface area contributed by atoms with Gasteiger partial charge < -0.3 is 19.5 Å². The number of hydrogen-bond donors (Lipinski definition) is 1. The average molecular weight is 251 g/mol. The maximum absolute atomic E-state index is 5.63. The first kappa shape index (κ1) is 13.2. The summed E-state index contributed by atoms with van der Waals surface area (Å²) >= 11 is 0. The second kappa shape index (κ2) is 7.24. The summed E-state index contributed by atoms with van der Waals surface area (Å²) in [5.41, 5.74) is 0. The van der Waals surface area contributed by atoms with Crippen molar-refractivity contribution in [2.24, 2.45) is 0 Å². The van der Waals surface area contributed by atoms with E-state index in [9.17, 15) is 0 Å². The molecule has 0 aliphatic carbocycles. The van der Waals surface area contributed by atoms with Gasteiger partial charge in [0.2, 0.25) is 0 Å². The number of benzene rings is 1. The van der Waals surface area contributed by atoms with Crippen LogP contribution >= 0.6 is 0 Å². The monoisotopic (exact) mass is 251 g/mol. The molecule has 1 N–H and O–H groups in total. The van der Waals surface area contributed by atoms with E-state index in [1.165, 1.54) is 12.8 Å². The Morgan fingerprint density at radius 2 is 2.28 bits per heavy atom. The van der Waals surface area contributed by atoms with Gasteiger partial charge in [0.15, 0.2) is 0 Å². The van der Waals surface area contributed by atoms with Gasteiger partial charge in [0, 0.05) is 25.8 Å². The molecule has 0 spiro atoms. The molecule has 0 amide bonds. The van der Waals surface area contributed by atoms with Crippen molar-refractivity contribution in [3.63, 3.8) is 0 Å². The Kier molecular flexibility index (Phi) is 5.30. The molecule has 1 saturated heterocycles. The third kappa shape index (κ3) is 4.20. The summed E-state index contributed by atoms with van der Waals surface area (Å²) in [4.78, 5) is 0. The lowest BCUT2D eigenvalue weighted by Gasteiger charge is -2.11. The third-order valence-electron chi connectivity index (χ3n) is 2.98. The van der Waals surface area contributed by atoms with E-state index in [4.69, 9.17) is 14.2 Å². The van der Waals surface area contributed by atoms with Crippen molar-refractivity contribution in [2.75, 3.05) is 33.4 Å². The van der Waals surface area contributed by atoms with Gasteiger partial charge in [-0.2, -0.15) is 0 Å². The lowest BCUT2D eigenvalue weighted by atomic mass is 10.2. The fraction of sp³-hybridized carbons (Fsp3) is 0.571. The Labute approximate surface area is 108 Å². The van der Waals surface area contributed by atoms with Gasteiger partial charge in [-0.1, -0.05) is 6.07 Å². The number of rotatable bonds is 7. The van der Waals surface area contributed by atoms with Crippen LogP contribution in [0.3, 0.4) is 0 Å². The fourth-order valence-corrected chi connectivity index (χ4v) is 2.00. The van der Waals surface area contributed by atoms with Crippen LogP contribution < -0.4 is 14.8 Å². The Morgan fingerprint density at radius 3 is 3.06 bits per heavy atom. The highest BCUT2D eigenvalue weighted by atomic mass is 16.5. The molecule has 1 aromatic carbocycles. The lowest BCUT2D eigenvalue weighted by molar-refractivity contribution is 0.109. The molecule has 1 aromatic rings. The molecule has 1 aliphatic heterocycles. The van der Waals surface area contributed by atoms with Gasteiger partial charge in [-0.05, 0) is 25.0 Å². The van der Waals surface area contributed by atoms with E-state index < -0.39 is 0 Å². The minimum absolute atomic E-state index is 0.391. The van der Waals surface area contributed by atoms with Crippen molar-refractivity contribution >= 4 is 0 Å². The van der Waals surface area contributed by atoms with Crippen molar-refractivity contribution in [2.45, 2.75) is 18.9 Å². The minimum Gasteiger partial charge on any atom is -0.497 e. The maximum atomic E-state index is 5.63. The highest BCUT2D eigenvalue weighted by molar-refractivity contribution is 5.32. The van der Waals surface area contributed by atoms with Gasteiger partial charge in [-0.25, -0.2) is 0 Å². The van der Waals surface area contributed by atoms with Crippen molar-refractivity contribution in [1.29, 1.82) is 0 Å². The van der Waals surface area contributed by atoms with E-state index >= 15 is 0 Å². The van der Waals surface area contributed by atoms with Crippen LogP contribution in [0.5, 0.6) is 11.5 Å². The van der Waals surface area contributed by atoms with E-state index in [-0.39, 0.29) is 0 Å². The summed E-state index contributed by atoms with van der Waals surface area (Å²) in [7, 11) is 1.66. The van der Waals surface area contributed by atoms with Crippen LogP contribution in [0.4, 0.5) is 0 Å². The van der Waals surface area contributed by atoms with Crippen LogP contribution in [0.1, 0.15) is 12.8 Å². The Balaban J connectivity index is 1.59. The van der Waals surface area contributed by atoms with Crippen molar-refractivity contribution < 1.29 is 14.2 Å². The molecule has 0 radical (unpaired) electrons. The van der Waals surface area contributed by atoms with Crippen molar-refractivity contribution in [3.8, 4) is 11.5 Å². The molecule has 100 valence electrons. The first-order valence-corrected chi connectivity index (χ1v) is 6.47. The molecule has 1 heterocycles. The van der Waals surface area contributed by atoms with Gasteiger partial charge in [0.1, 0.15) is 18.1 Å². The summed E-state index contributed by atoms with van der Waals surface area (Å²) in [5, 5.41) is 3.34. The Bertz CT molecular complexity index is 351. The number of ether oxygens (including phenoxy) is 3. The second-order valence-corrected chi connectivity index (χ2v) is 4.37. The molecular weight excluding hydrogens is 230 g/mol. The van der Waals surface area contributed by atoms with Crippen LogP contribution in [0.2, 0.25) is 0 Å². The summed E-state index contributed by atoms with van der Waals surface area (Å²) in [5.74, 6) is 1.66. The highest BCUT2D eigenvalue weighted by Crippen LogP contribution is 2.18. The average Bonchev–Trinajstić information content (AvgIpc) is 2.92. The fourth-order valence-electron chi connectivity index (χ4n) is 2.00. The number of methoxy groups -OCH3 is 1. The number of nitrogens with one attached hydrogen (secondary N) is 1. The molecule has 1 atom stereocenters. The highest BCUT2D eigenvalue weighted by Gasteiger charge is 2.14. The molecule has 18 heavy (non-hydrogen) atoms. The van der Waals surface area contributed by atoms with Crippen LogP contribution in [-0.4, -0.2) is 39.5 Å². The number of hydrogen-bond acceptors (Lipinski definition) is 4. The Hall–Kier alpha value is -1.26.